The molecule has 0 N–H and O–H groups in total. The van der Waals surface area contributed by atoms with Crippen LogP contribution in [-0.4, -0.2) is 11.9 Å². The SMILES string of the molecule is CCC(C)c1ccc(C(=O)[O-])c(C(C)CC)c1C(=O)[O-]. The molecule has 1 rings (SSSR count). The summed E-state index contributed by atoms with van der Waals surface area (Å²) in [5, 5.41) is 22.8. The molecule has 0 aliphatic rings. The van der Waals surface area contributed by atoms with Gasteiger partial charge in [0.2, 0.25) is 0 Å². The molecule has 1 aromatic rings. The zero-order valence-electron chi connectivity index (χ0n) is 12.4. The van der Waals surface area contributed by atoms with Gasteiger partial charge in [-0.05, 0) is 35.8 Å². The third kappa shape index (κ3) is 3.00. The maximum atomic E-state index is 11.5. The average Bonchev–Trinajstić information content (AvgIpc) is 2.43. The van der Waals surface area contributed by atoms with E-state index in [1.54, 1.807) is 6.07 Å². The summed E-state index contributed by atoms with van der Waals surface area (Å²) in [5.74, 6) is -2.82. The van der Waals surface area contributed by atoms with Crippen LogP contribution in [0.15, 0.2) is 12.1 Å². The van der Waals surface area contributed by atoms with E-state index in [1.165, 1.54) is 6.07 Å². The van der Waals surface area contributed by atoms with Gasteiger partial charge in [-0.1, -0.05) is 39.8 Å². The molecule has 0 aliphatic heterocycles. The molecule has 0 saturated heterocycles. The van der Waals surface area contributed by atoms with Gasteiger partial charge in [-0.3, -0.25) is 0 Å². The Balaban J connectivity index is 3.70. The third-order valence-corrected chi connectivity index (χ3v) is 3.95. The molecule has 20 heavy (non-hydrogen) atoms. The molecule has 0 fully saturated rings. The first kappa shape index (κ1) is 16.2. The number of rotatable bonds is 6. The van der Waals surface area contributed by atoms with E-state index in [0.717, 1.165) is 6.42 Å². The first-order valence-corrected chi connectivity index (χ1v) is 6.94. The van der Waals surface area contributed by atoms with Crippen molar-refractivity contribution >= 4 is 11.9 Å². The fourth-order valence-electron chi connectivity index (χ4n) is 2.39. The smallest absolute Gasteiger partial charge is 0.0721 e. The minimum Gasteiger partial charge on any atom is -0.545 e. The maximum absolute atomic E-state index is 11.5. The van der Waals surface area contributed by atoms with Crippen molar-refractivity contribution in [3.8, 4) is 0 Å². The molecular formula is C16H20O4-2. The zero-order chi connectivity index (χ0) is 15.4. The Labute approximate surface area is 119 Å². The Morgan fingerprint density at radius 2 is 1.55 bits per heavy atom. The van der Waals surface area contributed by atoms with Gasteiger partial charge in [0.05, 0.1) is 11.9 Å². The third-order valence-electron chi connectivity index (χ3n) is 3.95. The van der Waals surface area contributed by atoms with Crippen LogP contribution in [0, 0.1) is 0 Å². The van der Waals surface area contributed by atoms with Crippen LogP contribution in [0.4, 0.5) is 0 Å². The highest BCUT2D eigenvalue weighted by molar-refractivity contribution is 5.96. The number of carbonyl (C=O) groups excluding carboxylic acids is 2. The van der Waals surface area contributed by atoms with E-state index in [0.29, 0.717) is 17.5 Å². The number of carboxylic acids is 2. The Morgan fingerprint density at radius 3 is 1.95 bits per heavy atom. The van der Waals surface area contributed by atoms with Crippen molar-refractivity contribution in [3.05, 3.63) is 34.4 Å². The lowest BCUT2D eigenvalue weighted by atomic mass is 9.82. The number of aromatic carboxylic acids is 2. The van der Waals surface area contributed by atoms with Crippen molar-refractivity contribution in [2.75, 3.05) is 0 Å². The summed E-state index contributed by atoms with van der Waals surface area (Å²) in [7, 11) is 0. The molecule has 0 bridgehead atoms. The first-order chi connectivity index (χ1) is 9.34. The molecule has 2 unspecified atom stereocenters. The lowest BCUT2D eigenvalue weighted by Crippen LogP contribution is -2.30. The second-order valence-electron chi connectivity index (χ2n) is 5.18. The Morgan fingerprint density at radius 1 is 1.00 bits per heavy atom. The van der Waals surface area contributed by atoms with Gasteiger partial charge < -0.3 is 19.8 Å². The fourth-order valence-corrected chi connectivity index (χ4v) is 2.39. The van der Waals surface area contributed by atoms with E-state index in [4.69, 9.17) is 0 Å². The monoisotopic (exact) mass is 276 g/mol. The van der Waals surface area contributed by atoms with E-state index in [2.05, 4.69) is 0 Å². The Kier molecular flexibility index (Phi) is 5.31. The molecule has 0 aromatic heterocycles. The van der Waals surface area contributed by atoms with Crippen molar-refractivity contribution in [2.45, 2.75) is 52.4 Å². The molecule has 4 nitrogen and oxygen atoms in total. The van der Waals surface area contributed by atoms with Crippen molar-refractivity contribution < 1.29 is 19.8 Å². The average molecular weight is 276 g/mol. The van der Waals surface area contributed by atoms with Crippen LogP contribution in [0.1, 0.15) is 84.2 Å². The lowest BCUT2D eigenvalue weighted by Gasteiger charge is -2.25. The molecular weight excluding hydrogens is 256 g/mol. The molecule has 110 valence electrons. The van der Waals surface area contributed by atoms with E-state index in [1.807, 2.05) is 27.7 Å². The number of hydrogen-bond acceptors (Lipinski definition) is 4. The van der Waals surface area contributed by atoms with E-state index in [-0.39, 0.29) is 23.0 Å². The van der Waals surface area contributed by atoms with Crippen molar-refractivity contribution in [2.24, 2.45) is 0 Å². The van der Waals surface area contributed by atoms with Crippen LogP contribution >= 0.6 is 0 Å². The number of benzene rings is 1. The van der Waals surface area contributed by atoms with Gasteiger partial charge in [-0.2, -0.15) is 0 Å². The molecule has 4 heteroatoms. The van der Waals surface area contributed by atoms with Crippen LogP contribution in [0.3, 0.4) is 0 Å². The van der Waals surface area contributed by atoms with Gasteiger partial charge in [0.1, 0.15) is 0 Å². The summed E-state index contributed by atoms with van der Waals surface area (Å²) in [4.78, 5) is 22.8. The topological polar surface area (TPSA) is 80.3 Å². The Hall–Kier alpha value is -1.84. The van der Waals surface area contributed by atoms with Crippen molar-refractivity contribution in [1.29, 1.82) is 0 Å². The van der Waals surface area contributed by atoms with Gasteiger partial charge in [0.15, 0.2) is 0 Å². The van der Waals surface area contributed by atoms with Crippen LogP contribution in [0.2, 0.25) is 0 Å². The van der Waals surface area contributed by atoms with Crippen molar-refractivity contribution in [1.82, 2.24) is 0 Å². The first-order valence-electron chi connectivity index (χ1n) is 6.94. The highest BCUT2D eigenvalue weighted by Crippen LogP contribution is 2.33. The van der Waals surface area contributed by atoms with Gasteiger partial charge >= 0.3 is 0 Å². The molecule has 2 atom stereocenters. The van der Waals surface area contributed by atoms with Gasteiger partial charge in [0, 0.05) is 11.1 Å². The molecule has 0 radical (unpaired) electrons. The second-order valence-corrected chi connectivity index (χ2v) is 5.18. The molecule has 0 spiro atoms. The van der Waals surface area contributed by atoms with Crippen LogP contribution in [0.25, 0.3) is 0 Å². The summed E-state index contributed by atoms with van der Waals surface area (Å²) < 4.78 is 0. The summed E-state index contributed by atoms with van der Waals surface area (Å²) in [6.45, 7) is 7.58. The number of carboxylic acid groups (broad SMARTS) is 2. The van der Waals surface area contributed by atoms with Crippen LogP contribution in [-0.2, 0) is 0 Å². The summed E-state index contributed by atoms with van der Waals surface area (Å²) in [5.41, 5.74) is 0.930. The second kappa shape index (κ2) is 6.55. The van der Waals surface area contributed by atoms with Gasteiger partial charge in [-0.15, -0.1) is 0 Å². The highest BCUT2D eigenvalue weighted by atomic mass is 16.4. The zero-order valence-corrected chi connectivity index (χ0v) is 12.4. The predicted octanol–water partition coefficient (Wildman–Crippen LogP) is 1.44. The van der Waals surface area contributed by atoms with Crippen LogP contribution in [0.5, 0.6) is 0 Å². The minimum atomic E-state index is -1.35. The van der Waals surface area contributed by atoms with Crippen LogP contribution < -0.4 is 10.2 Å². The highest BCUT2D eigenvalue weighted by Gasteiger charge is 2.21. The fraction of sp³-hybridized carbons (Fsp3) is 0.500. The number of hydrogen-bond donors (Lipinski definition) is 0. The maximum Gasteiger partial charge on any atom is 0.0721 e. The quantitative estimate of drug-likeness (QED) is 0.787. The largest absolute Gasteiger partial charge is 0.545 e. The molecule has 0 saturated carbocycles. The van der Waals surface area contributed by atoms with Gasteiger partial charge in [0.25, 0.3) is 0 Å². The predicted molar refractivity (Wildman–Crippen MR) is 72.5 cm³/mol. The van der Waals surface area contributed by atoms with Gasteiger partial charge in [-0.25, -0.2) is 0 Å². The molecule has 0 heterocycles. The summed E-state index contributed by atoms with van der Waals surface area (Å²) >= 11 is 0. The normalized spacial score (nSPS) is 13.8. The summed E-state index contributed by atoms with van der Waals surface area (Å²) in [6, 6.07) is 3.01. The number of carbonyl (C=O) groups is 2. The van der Waals surface area contributed by atoms with E-state index in [9.17, 15) is 19.8 Å². The molecule has 1 aromatic carbocycles. The molecule has 0 aliphatic carbocycles. The summed E-state index contributed by atoms with van der Waals surface area (Å²) in [6.07, 6.45) is 1.41. The van der Waals surface area contributed by atoms with E-state index >= 15 is 0 Å². The van der Waals surface area contributed by atoms with Crippen molar-refractivity contribution in [3.63, 3.8) is 0 Å². The molecule has 0 amide bonds. The van der Waals surface area contributed by atoms with E-state index < -0.39 is 11.9 Å². The minimum absolute atomic E-state index is 0.0235. The Bertz CT molecular complexity index is 519. The standard InChI is InChI=1S/C16H22O4/c1-5-9(3)11-7-8-12(15(17)18)13(10(4)6-2)14(11)16(19)20/h7-10H,5-6H2,1-4H3,(H,17,18)(H,19,20)/p-2. The lowest BCUT2D eigenvalue weighted by molar-refractivity contribution is -0.255.